The van der Waals surface area contributed by atoms with Gasteiger partial charge in [0.25, 0.3) is 5.91 Å². The van der Waals surface area contributed by atoms with Crippen LogP contribution in [-0.2, 0) is 16.6 Å². The molecule has 0 radical (unpaired) electrons. The maximum absolute atomic E-state index is 12.6. The minimum absolute atomic E-state index is 0.217. The van der Waals surface area contributed by atoms with Crippen molar-refractivity contribution < 1.29 is 17.6 Å². The molecule has 1 aromatic heterocycles. The van der Waals surface area contributed by atoms with Crippen molar-refractivity contribution in [2.24, 2.45) is 0 Å². The molecule has 154 valence electrons. The van der Waals surface area contributed by atoms with Gasteiger partial charge in [0.2, 0.25) is 10.0 Å². The topological polar surface area (TPSA) is 79.6 Å². The van der Waals surface area contributed by atoms with Crippen LogP contribution in [0, 0.1) is 6.92 Å². The van der Waals surface area contributed by atoms with Crippen LogP contribution in [0.5, 0.6) is 0 Å². The summed E-state index contributed by atoms with van der Waals surface area (Å²) in [5.41, 5.74) is 1.99. The molecule has 0 saturated heterocycles. The minimum atomic E-state index is -3.50. The van der Waals surface area contributed by atoms with E-state index in [2.05, 4.69) is 5.32 Å². The number of nitrogens with zero attached hydrogens (tertiary/aromatic N) is 1. The number of nitrogens with one attached hydrogen (secondary N) is 1. The number of para-hydroxylation sites is 1. The summed E-state index contributed by atoms with van der Waals surface area (Å²) in [6.45, 7) is 6.49. The number of amides is 1. The molecule has 1 amide bonds. The zero-order chi connectivity index (χ0) is 21.2. The maximum atomic E-state index is 12.6. The highest BCUT2D eigenvalue weighted by Gasteiger charge is 2.22. The molecular weight excluding hydrogens is 412 g/mol. The van der Waals surface area contributed by atoms with E-state index in [4.69, 9.17) is 16.0 Å². The van der Waals surface area contributed by atoms with Gasteiger partial charge in [-0.2, -0.15) is 4.31 Å². The fraction of sp³-hybridized carbons (Fsp3) is 0.286. The SMILES string of the molecule is CCN(CC)S(=O)(=O)c1ccc(CNC(=O)c2oc3c(Cl)cccc3c2C)cc1. The highest BCUT2D eigenvalue weighted by molar-refractivity contribution is 7.89. The maximum Gasteiger partial charge on any atom is 0.287 e. The molecule has 0 fully saturated rings. The summed E-state index contributed by atoms with van der Waals surface area (Å²) in [5.74, 6) is -0.136. The molecule has 2 aromatic carbocycles. The quantitative estimate of drug-likeness (QED) is 0.599. The fourth-order valence-electron chi connectivity index (χ4n) is 3.18. The van der Waals surface area contributed by atoms with Gasteiger partial charge in [0.05, 0.1) is 9.92 Å². The molecule has 0 aliphatic carbocycles. The average molecular weight is 435 g/mol. The van der Waals surface area contributed by atoms with Crippen molar-refractivity contribution in [1.82, 2.24) is 9.62 Å². The van der Waals surface area contributed by atoms with Crippen molar-refractivity contribution in [2.45, 2.75) is 32.2 Å². The summed E-state index contributed by atoms with van der Waals surface area (Å²) in [6.07, 6.45) is 0. The van der Waals surface area contributed by atoms with Gasteiger partial charge in [0.15, 0.2) is 11.3 Å². The summed E-state index contributed by atoms with van der Waals surface area (Å²) < 4.78 is 32.1. The molecule has 0 spiro atoms. The summed E-state index contributed by atoms with van der Waals surface area (Å²) in [5, 5.41) is 4.06. The molecule has 6 nitrogen and oxygen atoms in total. The van der Waals surface area contributed by atoms with E-state index in [-0.39, 0.29) is 23.1 Å². The lowest BCUT2D eigenvalue weighted by atomic mass is 10.1. The van der Waals surface area contributed by atoms with Gasteiger partial charge in [-0.25, -0.2) is 8.42 Å². The van der Waals surface area contributed by atoms with E-state index in [1.807, 2.05) is 19.1 Å². The first-order valence-electron chi connectivity index (χ1n) is 9.34. The normalized spacial score (nSPS) is 11.9. The minimum Gasteiger partial charge on any atom is -0.449 e. The summed E-state index contributed by atoms with van der Waals surface area (Å²) in [4.78, 5) is 12.8. The summed E-state index contributed by atoms with van der Waals surface area (Å²) in [6, 6.07) is 11.9. The van der Waals surface area contributed by atoms with Gasteiger partial charge in [-0.3, -0.25) is 4.79 Å². The standard InChI is InChI=1S/C21H23ClN2O4S/c1-4-24(5-2)29(26,27)16-11-9-15(10-12-16)13-23-21(25)19-14(3)17-7-6-8-18(22)20(17)28-19/h6-12H,4-5,13H2,1-3H3,(H,23,25). The van der Waals surface area contributed by atoms with Crippen LogP contribution in [-0.4, -0.2) is 31.7 Å². The van der Waals surface area contributed by atoms with Gasteiger partial charge >= 0.3 is 0 Å². The Morgan fingerprint density at radius 3 is 2.34 bits per heavy atom. The van der Waals surface area contributed by atoms with Crippen LogP contribution in [0.25, 0.3) is 11.0 Å². The van der Waals surface area contributed by atoms with Crippen molar-refractivity contribution in [3.63, 3.8) is 0 Å². The second kappa shape index (κ2) is 8.57. The van der Waals surface area contributed by atoms with E-state index >= 15 is 0 Å². The van der Waals surface area contributed by atoms with Crippen LogP contribution in [0.2, 0.25) is 5.02 Å². The largest absolute Gasteiger partial charge is 0.449 e. The molecule has 8 heteroatoms. The number of halogens is 1. The van der Waals surface area contributed by atoms with Crippen LogP contribution in [0.4, 0.5) is 0 Å². The number of carbonyl (C=O) groups excluding carboxylic acids is 1. The molecule has 0 bridgehead atoms. The summed E-state index contributed by atoms with van der Waals surface area (Å²) >= 11 is 6.14. The summed E-state index contributed by atoms with van der Waals surface area (Å²) in [7, 11) is -3.50. The predicted octanol–water partition coefficient (Wildman–Crippen LogP) is 4.36. The van der Waals surface area contributed by atoms with Crippen molar-refractivity contribution in [3.8, 4) is 0 Å². The van der Waals surface area contributed by atoms with Crippen molar-refractivity contribution in [1.29, 1.82) is 0 Å². The molecular formula is C21H23ClN2O4S. The van der Waals surface area contributed by atoms with E-state index in [0.717, 1.165) is 16.5 Å². The Kier molecular flexibility index (Phi) is 6.31. The molecule has 0 unspecified atom stereocenters. The Morgan fingerprint density at radius 2 is 1.76 bits per heavy atom. The first-order chi connectivity index (χ1) is 13.8. The third-order valence-electron chi connectivity index (χ3n) is 4.84. The van der Waals surface area contributed by atoms with Crippen LogP contribution in [0.15, 0.2) is 51.8 Å². The zero-order valence-corrected chi connectivity index (χ0v) is 18.1. The molecule has 1 heterocycles. The van der Waals surface area contributed by atoms with Gasteiger partial charge in [-0.15, -0.1) is 0 Å². The number of fused-ring (bicyclic) bond motifs is 1. The van der Waals surface area contributed by atoms with Crippen LogP contribution in [0.1, 0.15) is 35.5 Å². The van der Waals surface area contributed by atoms with E-state index in [9.17, 15) is 13.2 Å². The van der Waals surface area contributed by atoms with E-state index in [1.54, 1.807) is 44.2 Å². The van der Waals surface area contributed by atoms with Gasteiger partial charge in [-0.05, 0) is 30.7 Å². The van der Waals surface area contributed by atoms with Crippen LogP contribution >= 0.6 is 11.6 Å². The Balaban J connectivity index is 1.73. The second-order valence-corrected chi connectivity index (χ2v) is 8.93. The molecule has 3 aromatic rings. The predicted molar refractivity (Wildman–Crippen MR) is 114 cm³/mol. The number of sulfonamides is 1. The Hall–Kier alpha value is -2.35. The van der Waals surface area contributed by atoms with E-state index < -0.39 is 10.0 Å². The smallest absolute Gasteiger partial charge is 0.287 e. The number of benzene rings is 2. The molecule has 0 aliphatic rings. The molecule has 29 heavy (non-hydrogen) atoms. The van der Waals surface area contributed by atoms with Gasteiger partial charge in [0.1, 0.15) is 0 Å². The third kappa shape index (κ3) is 4.17. The Bertz CT molecular complexity index is 1130. The third-order valence-corrected chi connectivity index (χ3v) is 7.20. The Morgan fingerprint density at radius 1 is 1.10 bits per heavy atom. The number of hydrogen-bond acceptors (Lipinski definition) is 4. The first kappa shape index (κ1) is 21.4. The second-order valence-electron chi connectivity index (χ2n) is 6.59. The van der Waals surface area contributed by atoms with Gasteiger partial charge in [-0.1, -0.05) is 49.7 Å². The first-order valence-corrected chi connectivity index (χ1v) is 11.2. The number of hydrogen-bond donors (Lipinski definition) is 1. The monoisotopic (exact) mass is 434 g/mol. The van der Waals surface area contributed by atoms with E-state index in [1.165, 1.54) is 4.31 Å². The van der Waals surface area contributed by atoms with Gasteiger partial charge in [0, 0.05) is 30.6 Å². The van der Waals surface area contributed by atoms with Crippen molar-refractivity contribution in [3.05, 3.63) is 64.4 Å². The van der Waals surface area contributed by atoms with Crippen LogP contribution < -0.4 is 5.32 Å². The fourth-order valence-corrected chi connectivity index (χ4v) is 4.85. The highest BCUT2D eigenvalue weighted by atomic mass is 35.5. The van der Waals surface area contributed by atoms with E-state index in [0.29, 0.717) is 23.7 Å². The molecule has 1 N–H and O–H groups in total. The molecule has 3 rings (SSSR count). The van der Waals surface area contributed by atoms with Crippen LogP contribution in [0.3, 0.4) is 0 Å². The number of aryl methyl sites for hydroxylation is 1. The van der Waals surface area contributed by atoms with Crippen molar-refractivity contribution in [2.75, 3.05) is 13.1 Å². The average Bonchev–Trinajstić information content (AvgIpc) is 3.05. The number of rotatable bonds is 7. The lowest BCUT2D eigenvalue weighted by molar-refractivity contribution is 0.0924. The Labute approximate surface area is 175 Å². The molecule has 0 atom stereocenters. The zero-order valence-electron chi connectivity index (χ0n) is 16.5. The molecule has 0 aliphatic heterocycles. The lowest BCUT2D eigenvalue weighted by Crippen LogP contribution is -2.30. The number of furan rings is 1. The number of carbonyl (C=O) groups is 1. The van der Waals surface area contributed by atoms with Crippen molar-refractivity contribution >= 4 is 38.5 Å². The highest BCUT2D eigenvalue weighted by Crippen LogP contribution is 2.30. The molecule has 0 saturated carbocycles. The lowest BCUT2D eigenvalue weighted by Gasteiger charge is -2.18. The van der Waals surface area contributed by atoms with Gasteiger partial charge < -0.3 is 9.73 Å².